The van der Waals surface area contributed by atoms with Crippen molar-refractivity contribution < 1.29 is 14.3 Å². The van der Waals surface area contributed by atoms with Gasteiger partial charge in [-0.2, -0.15) is 0 Å². The van der Waals surface area contributed by atoms with Crippen LogP contribution in [0.25, 0.3) is 0 Å². The van der Waals surface area contributed by atoms with E-state index in [9.17, 15) is 4.79 Å². The lowest BCUT2D eigenvalue weighted by molar-refractivity contribution is 0.0477. The van der Waals surface area contributed by atoms with Gasteiger partial charge in [-0.25, -0.2) is 9.78 Å². The summed E-state index contributed by atoms with van der Waals surface area (Å²) in [6.07, 6.45) is 0. The van der Waals surface area contributed by atoms with E-state index in [-0.39, 0.29) is 12.6 Å². The summed E-state index contributed by atoms with van der Waals surface area (Å²) in [4.78, 5) is 16.8. The highest BCUT2D eigenvalue weighted by Crippen LogP contribution is 2.26. The number of rotatable bonds is 4. The number of carbonyl (C=O) groups is 1. The van der Waals surface area contributed by atoms with Crippen molar-refractivity contribution in [3.63, 3.8) is 0 Å². The Morgan fingerprint density at radius 3 is 2.70 bits per heavy atom. The number of halogens is 1. The maximum atomic E-state index is 12.0. The van der Waals surface area contributed by atoms with E-state index in [1.807, 2.05) is 32.0 Å². The Morgan fingerprint density at radius 2 is 2.15 bits per heavy atom. The zero-order valence-corrected chi connectivity index (χ0v) is 13.8. The topological polar surface area (TPSA) is 48.4 Å². The Labute approximate surface area is 129 Å². The summed E-state index contributed by atoms with van der Waals surface area (Å²) >= 11 is 4.75. The van der Waals surface area contributed by atoms with Crippen molar-refractivity contribution >= 4 is 33.2 Å². The van der Waals surface area contributed by atoms with Crippen LogP contribution in [0, 0.1) is 13.8 Å². The fourth-order valence-electron chi connectivity index (χ4n) is 1.73. The Hall–Kier alpha value is -1.40. The van der Waals surface area contributed by atoms with E-state index in [1.54, 1.807) is 7.11 Å². The molecule has 1 aromatic heterocycles. The minimum Gasteiger partial charge on any atom is -0.496 e. The van der Waals surface area contributed by atoms with E-state index in [0.29, 0.717) is 10.6 Å². The van der Waals surface area contributed by atoms with E-state index in [4.69, 9.17) is 9.47 Å². The van der Waals surface area contributed by atoms with E-state index in [0.717, 1.165) is 20.8 Å². The molecule has 0 amide bonds. The molecular weight excluding hydrogens is 342 g/mol. The molecule has 1 heterocycles. The molecule has 2 rings (SSSR count). The normalized spacial score (nSPS) is 10.4. The van der Waals surface area contributed by atoms with Gasteiger partial charge in [0.05, 0.1) is 22.3 Å². The SMILES string of the molecule is COc1ccc(COC(=O)c2sc(C)nc2C)cc1Br. The smallest absolute Gasteiger partial charge is 0.350 e. The van der Waals surface area contributed by atoms with Crippen molar-refractivity contribution in [1.82, 2.24) is 4.98 Å². The third-order valence-corrected chi connectivity index (χ3v) is 4.35. The molecule has 4 nitrogen and oxygen atoms in total. The Kier molecular flexibility index (Phi) is 4.77. The highest BCUT2D eigenvalue weighted by molar-refractivity contribution is 9.10. The molecule has 0 aliphatic rings. The summed E-state index contributed by atoms with van der Waals surface area (Å²) < 4.78 is 11.3. The summed E-state index contributed by atoms with van der Waals surface area (Å²) in [7, 11) is 1.61. The average molecular weight is 356 g/mol. The summed E-state index contributed by atoms with van der Waals surface area (Å²) in [5.41, 5.74) is 1.61. The van der Waals surface area contributed by atoms with Gasteiger partial charge in [-0.15, -0.1) is 11.3 Å². The van der Waals surface area contributed by atoms with Crippen molar-refractivity contribution in [3.05, 3.63) is 43.8 Å². The summed E-state index contributed by atoms with van der Waals surface area (Å²) in [5.74, 6) is 0.411. The number of benzene rings is 1. The van der Waals surface area contributed by atoms with Gasteiger partial charge in [-0.05, 0) is 47.5 Å². The largest absolute Gasteiger partial charge is 0.496 e. The minimum atomic E-state index is -0.333. The molecule has 0 bridgehead atoms. The fourth-order valence-corrected chi connectivity index (χ4v) is 3.14. The minimum absolute atomic E-state index is 0.220. The van der Waals surface area contributed by atoms with Crippen LogP contribution in [0.15, 0.2) is 22.7 Å². The van der Waals surface area contributed by atoms with Crippen LogP contribution in [-0.4, -0.2) is 18.1 Å². The van der Waals surface area contributed by atoms with Gasteiger partial charge in [0, 0.05) is 0 Å². The molecule has 0 radical (unpaired) electrons. The molecule has 2 aromatic rings. The average Bonchev–Trinajstić information content (AvgIpc) is 2.75. The second kappa shape index (κ2) is 6.37. The Morgan fingerprint density at radius 1 is 1.40 bits per heavy atom. The summed E-state index contributed by atoms with van der Waals surface area (Å²) in [6, 6.07) is 5.56. The first-order valence-corrected chi connectivity index (χ1v) is 7.55. The maximum absolute atomic E-state index is 12.0. The zero-order valence-electron chi connectivity index (χ0n) is 11.4. The third kappa shape index (κ3) is 3.37. The zero-order chi connectivity index (χ0) is 14.7. The van der Waals surface area contributed by atoms with Crippen molar-refractivity contribution in [1.29, 1.82) is 0 Å². The van der Waals surface area contributed by atoms with E-state index >= 15 is 0 Å². The number of hydrogen-bond donors (Lipinski definition) is 0. The molecule has 20 heavy (non-hydrogen) atoms. The molecule has 1 aromatic carbocycles. The lowest BCUT2D eigenvalue weighted by atomic mass is 10.2. The molecule has 0 atom stereocenters. The second-order valence-corrected chi connectivity index (χ2v) is 6.25. The number of ether oxygens (including phenoxy) is 2. The molecule has 0 N–H and O–H groups in total. The number of carbonyl (C=O) groups excluding carboxylic acids is 1. The number of methoxy groups -OCH3 is 1. The molecule has 0 saturated carbocycles. The van der Waals surface area contributed by atoms with E-state index in [2.05, 4.69) is 20.9 Å². The predicted molar refractivity (Wildman–Crippen MR) is 81.4 cm³/mol. The highest BCUT2D eigenvalue weighted by Gasteiger charge is 2.15. The molecule has 6 heteroatoms. The molecule has 0 saturated heterocycles. The first-order chi connectivity index (χ1) is 9.51. The van der Waals surface area contributed by atoms with Crippen LogP contribution >= 0.6 is 27.3 Å². The van der Waals surface area contributed by atoms with E-state index < -0.39 is 0 Å². The van der Waals surface area contributed by atoms with Crippen molar-refractivity contribution in [3.8, 4) is 5.75 Å². The molecular formula is C14H14BrNO3S. The highest BCUT2D eigenvalue weighted by atomic mass is 79.9. The summed E-state index contributed by atoms with van der Waals surface area (Å²) in [5, 5.41) is 0.863. The Bertz CT molecular complexity index is 639. The molecule has 106 valence electrons. The van der Waals surface area contributed by atoms with Crippen molar-refractivity contribution in [2.24, 2.45) is 0 Å². The van der Waals surface area contributed by atoms with E-state index in [1.165, 1.54) is 11.3 Å². The molecule has 0 aliphatic carbocycles. The van der Waals surface area contributed by atoms with Gasteiger partial charge in [0.25, 0.3) is 0 Å². The number of esters is 1. The molecule has 0 spiro atoms. The van der Waals surface area contributed by atoms with Gasteiger partial charge in [0.1, 0.15) is 17.2 Å². The number of aromatic nitrogens is 1. The lowest BCUT2D eigenvalue weighted by Gasteiger charge is -2.07. The van der Waals surface area contributed by atoms with Gasteiger partial charge < -0.3 is 9.47 Å². The van der Waals surface area contributed by atoms with Crippen LogP contribution < -0.4 is 4.74 Å². The van der Waals surface area contributed by atoms with Gasteiger partial charge in [-0.1, -0.05) is 6.07 Å². The lowest BCUT2D eigenvalue weighted by Crippen LogP contribution is -2.05. The van der Waals surface area contributed by atoms with Crippen LogP contribution in [-0.2, 0) is 11.3 Å². The second-order valence-electron chi connectivity index (χ2n) is 4.19. The third-order valence-electron chi connectivity index (χ3n) is 2.68. The molecule has 0 aliphatic heterocycles. The number of aryl methyl sites for hydroxylation is 2. The van der Waals surface area contributed by atoms with Crippen molar-refractivity contribution in [2.75, 3.05) is 7.11 Å². The first-order valence-electron chi connectivity index (χ1n) is 5.95. The number of nitrogens with zero attached hydrogens (tertiary/aromatic N) is 1. The molecule has 0 fully saturated rings. The van der Waals surface area contributed by atoms with Gasteiger partial charge in [0.2, 0.25) is 0 Å². The quantitative estimate of drug-likeness (QED) is 0.780. The number of thiazole rings is 1. The summed E-state index contributed by atoms with van der Waals surface area (Å²) in [6.45, 7) is 3.90. The van der Waals surface area contributed by atoms with Crippen LogP contribution in [0.1, 0.15) is 25.9 Å². The molecule has 0 unspecified atom stereocenters. The first kappa shape index (κ1) is 15.0. The van der Waals surface area contributed by atoms with Gasteiger partial charge >= 0.3 is 5.97 Å². The van der Waals surface area contributed by atoms with Crippen LogP contribution in [0.3, 0.4) is 0 Å². The Balaban J connectivity index is 2.03. The number of hydrogen-bond acceptors (Lipinski definition) is 5. The predicted octanol–water partition coefficient (Wildman–Crippen LogP) is 3.89. The van der Waals surface area contributed by atoms with Gasteiger partial charge in [0.15, 0.2) is 0 Å². The van der Waals surface area contributed by atoms with Gasteiger partial charge in [-0.3, -0.25) is 0 Å². The van der Waals surface area contributed by atoms with Crippen LogP contribution in [0.4, 0.5) is 0 Å². The maximum Gasteiger partial charge on any atom is 0.350 e. The van der Waals surface area contributed by atoms with Crippen LogP contribution in [0.2, 0.25) is 0 Å². The monoisotopic (exact) mass is 355 g/mol. The fraction of sp³-hybridized carbons (Fsp3) is 0.286. The van der Waals surface area contributed by atoms with Crippen LogP contribution in [0.5, 0.6) is 5.75 Å². The standard InChI is InChI=1S/C14H14BrNO3S/c1-8-13(20-9(2)16-8)14(17)19-7-10-4-5-12(18-3)11(15)6-10/h4-6H,7H2,1-3H3. The van der Waals surface area contributed by atoms with Crippen molar-refractivity contribution in [2.45, 2.75) is 20.5 Å².